The van der Waals surface area contributed by atoms with Crippen LogP contribution in [0.5, 0.6) is 0 Å². The van der Waals surface area contributed by atoms with E-state index >= 15 is 0 Å². The van der Waals surface area contributed by atoms with Crippen molar-refractivity contribution in [3.8, 4) is 11.3 Å². The number of nitriles is 1. The molecular weight excluding hydrogens is 292 g/mol. The van der Waals surface area contributed by atoms with Crippen LogP contribution >= 0.6 is 11.8 Å². The second-order valence-electron chi connectivity index (χ2n) is 3.91. The number of benzene rings is 1. The maximum atomic E-state index is 10.9. The quantitative estimate of drug-likeness (QED) is 0.240. The number of aromatic nitrogens is 4. The van der Waals surface area contributed by atoms with Gasteiger partial charge in [-0.15, -0.1) is 0 Å². The molecular formula is C12H6N6O2S. The molecule has 0 aliphatic heterocycles. The largest absolute Gasteiger partial charge is 0.320 e. The number of thioether (sulfide) groups is 1. The van der Waals surface area contributed by atoms with Crippen LogP contribution in [0.3, 0.4) is 0 Å². The molecule has 0 spiro atoms. The fraction of sp³-hybridized carbons (Fsp3) is 0. The molecule has 2 heterocycles. The third-order valence-electron chi connectivity index (χ3n) is 2.73. The molecule has 0 fully saturated rings. The lowest BCUT2D eigenvalue weighted by Crippen LogP contribution is -2.03. The number of thiocyanates is 1. The molecule has 0 amide bonds. The summed E-state index contributed by atoms with van der Waals surface area (Å²) in [6.07, 6.45) is 2.63. The van der Waals surface area contributed by atoms with Crippen LogP contribution in [0.25, 0.3) is 17.0 Å². The Hall–Kier alpha value is -2.99. The summed E-state index contributed by atoms with van der Waals surface area (Å²) in [6, 6.07) is 7.37. The Morgan fingerprint density at radius 1 is 1.33 bits per heavy atom. The molecule has 0 bridgehead atoms. The van der Waals surface area contributed by atoms with Crippen molar-refractivity contribution in [3.05, 3.63) is 46.9 Å². The fourth-order valence-electron chi connectivity index (χ4n) is 1.83. The van der Waals surface area contributed by atoms with Crippen LogP contribution in [-0.2, 0) is 0 Å². The van der Waals surface area contributed by atoms with E-state index in [4.69, 9.17) is 5.26 Å². The predicted molar refractivity (Wildman–Crippen MR) is 74.8 cm³/mol. The molecule has 8 nitrogen and oxygen atoms in total. The summed E-state index contributed by atoms with van der Waals surface area (Å²) in [4.78, 5) is 22.6. The molecule has 102 valence electrons. The van der Waals surface area contributed by atoms with Crippen LogP contribution in [0.2, 0.25) is 0 Å². The zero-order valence-electron chi connectivity index (χ0n) is 10.4. The second-order valence-corrected chi connectivity index (χ2v) is 4.69. The summed E-state index contributed by atoms with van der Waals surface area (Å²) in [7, 11) is 0. The lowest BCUT2D eigenvalue weighted by Gasteiger charge is -2.03. The first-order valence-electron chi connectivity index (χ1n) is 5.70. The van der Waals surface area contributed by atoms with Gasteiger partial charge >= 0.3 is 5.69 Å². The number of hydrogen-bond donors (Lipinski definition) is 0. The molecule has 9 heteroatoms. The summed E-state index contributed by atoms with van der Waals surface area (Å²) >= 11 is 0.626. The van der Waals surface area contributed by atoms with Gasteiger partial charge in [-0.3, -0.25) is 14.7 Å². The first-order chi connectivity index (χ1) is 10.2. The summed E-state index contributed by atoms with van der Waals surface area (Å²) in [6.45, 7) is 0. The molecule has 0 aliphatic carbocycles. The van der Waals surface area contributed by atoms with Crippen molar-refractivity contribution in [2.24, 2.45) is 0 Å². The Bertz CT molecular complexity index is 885. The highest BCUT2D eigenvalue weighted by Gasteiger charge is 2.19. The van der Waals surface area contributed by atoms with E-state index in [-0.39, 0.29) is 16.7 Å². The summed E-state index contributed by atoms with van der Waals surface area (Å²) in [5, 5.41) is 21.4. The normalized spacial score (nSPS) is 10.4. The zero-order chi connectivity index (χ0) is 14.8. The number of fused-ring (bicyclic) bond motifs is 1. The van der Waals surface area contributed by atoms with Gasteiger partial charge in [0.1, 0.15) is 17.9 Å². The monoisotopic (exact) mass is 298 g/mol. The van der Waals surface area contributed by atoms with Crippen LogP contribution in [-0.4, -0.2) is 24.4 Å². The summed E-state index contributed by atoms with van der Waals surface area (Å²) < 4.78 is 1.61. The molecule has 0 aliphatic rings. The van der Waals surface area contributed by atoms with Gasteiger partial charge in [0.05, 0.1) is 16.0 Å². The number of para-hydroxylation sites is 2. The Kier molecular flexibility index (Phi) is 3.21. The Morgan fingerprint density at radius 2 is 2.14 bits per heavy atom. The SMILES string of the molecule is N#CSc1nc(-n2cnc3ccccc32)ncc1[N+](=O)[O-]. The standard InChI is InChI=1S/C12H6N6O2S/c13-6-21-11-10(18(19)20)5-14-12(16-11)17-7-15-8-3-1-2-4-9(8)17/h1-5,7H. The Balaban J connectivity index is 2.17. The van der Waals surface area contributed by atoms with Crippen LogP contribution in [0.4, 0.5) is 5.69 Å². The van der Waals surface area contributed by atoms with Crippen LogP contribution in [0.15, 0.2) is 41.8 Å². The van der Waals surface area contributed by atoms with E-state index in [1.54, 1.807) is 9.97 Å². The molecule has 0 radical (unpaired) electrons. The van der Waals surface area contributed by atoms with Gasteiger partial charge in [-0.1, -0.05) is 12.1 Å². The maximum absolute atomic E-state index is 10.9. The highest BCUT2D eigenvalue weighted by Crippen LogP contribution is 2.26. The first-order valence-corrected chi connectivity index (χ1v) is 6.52. The van der Waals surface area contributed by atoms with Crippen molar-refractivity contribution in [3.63, 3.8) is 0 Å². The molecule has 2 aromatic heterocycles. The van der Waals surface area contributed by atoms with E-state index in [0.717, 1.165) is 17.2 Å². The maximum Gasteiger partial charge on any atom is 0.320 e. The van der Waals surface area contributed by atoms with Gasteiger partial charge in [0, 0.05) is 11.8 Å². The number of nitrogens with zero attached hydrogens (tertiary/aromatic N) is 6. The van der Waals surface area contributed by atoms with E-state index in [9.17, 15) is 10.1 Å². The zero-order valence-corrected chi connectivity index (χ0v) is 11.2. The molecule has 0 saturated carbocycles. The first kappa shape index (κ1) is 13.0. The van der Waals surface area contributed by atoms with Gasteiger partial charge in [0.15, 0.2) is 5.03 Å². The van der Waals surface area contributed by atoms with Crippen LogP contribution in [0, 0.1) is 20.8 Å². The second kappa shape index (κ2) is 5.18. The van der Waals surface area contributed by atoms with E-state index in [2.05, 4.69) is 15.0 Å². The Labute approximate surface area is 122 Å². The third-order valence-corrected chi connectivity index (χ3v) is 3.32. The average Bonchev–Trinajstić information content (AvgIpc) is 2.91. The van der Waals surface area contributed by atoms with Crippen LogP contribution in [0.1, 0.15) is 0 Å². The highest BCUT2D eigenvalue weighted by atomic mass is 32.2. The van der Waals surface area contributed by atoms with Crippen LogP contribution < -0.4 is 0 Å². The van der Waals surface area contributed by atoms with Crippen molar-refractivity contribution in [2.45, 2.75) is 5.03 Å². The summed E-state index contributed by atoms with van der Waals surface area (Å²) in [5.74, 6) is 0.229. The number of imidazole rings is 1. The van der Waals surface area contributed by atoms with Gasteiger partial charge in [-0.05, 0) is 12.1 Å². The Morgan fingerprint density at radius 3 is 2.90 bits per heavy atom. The van der Waals surface area contributed by atoms with Gasteiger partial charge in [-0.25, -0.2) is 9.97 Å². The number of rotatable bonds is 3. The van der Waals surface area contributed by atoms with Crippen molar-refractivity contribution in [1.29, 1.82) is 5.26 Å². The van der Waals surface area contributed by atoms with Crippen molar-refractivity contribution < 1.29 is 4.92 Å². The van der Waals surface area contributed by atoms with Crippen molar-refractivity contribution in [1.82, 2.24) is 19.5 Å². The smallest absolute Gasteiger partial charge is 0.267 e. The van der Waals surface area contributed by atoms with Crippen molar-refractivity contribution in [2.75, 3.05) is 0 Å². The summed E-state index contributed by atoms with van der Waals surface area (Å²) in [5.41, 5.74) is 1.24. The lowest BCUT2D eigenvalue weighted by molar-refractivity contribution is -0.388. The van der Waals surface area contributed by atoms with E-state index in [0.29, 0.717) is 11.8 Å². The third kappa shape index (κ3) is 2.28. The van der Waals surface area contributed by atoms with Gasteiger partial charge in [0.2, 0.25) is 5.95 Å². The minimum atomic E-state index is -0.616. The fourth-order valence-corrected chi connectivity index (χ4v) is 2.27. The van der Waals surface area contributed by atoms with E-state index in [1.165, 1.54) is 6.33 Å². The molecule has 21 heavy (non-hydrogen) atoms. The minimum Gasteiger partial charge on any atom is -0.267 e. The molecule has 0 unspecified atom stereocenters. The average molecular weight is 298 g/mol. The van der Waals surface area contributed by atoms with Crippen molar-refractivity contribution >= 4 is 28.5 Å². The van der Waals surface area contributed by atoms with E-state index < -0.39 is 4.92 Å². The predicted octanol–water partition coefficient (Wildman–Crippen LogP) is 2.30. The number of nitro groups is 1. The molecule has 0 saturated heterocycles. The van der Waals surface area contributed by atoms with E-state index in [1.807, 2.05) is 24.3 Å². The molecule has 1 aromatic carbocycles. The molecule has 3 aromatic rings. The highest BCUT2D eigenvalue weighted by molar-refractivity contribution is 8.03. The molecule has 0 atom stereocenters. The lowest BCUT2D eigenvalue weighted by atomic mass is 10.3. The molecule has 3 rings (SSSR count). The van der Waals surface area contributed by atoms with Gasteiger partial charge in [0.25, 0.3) is 0 Å². The van der Waals surface area contributed by atoms with Gasteiger partial charge in [-0.2, -0.15) is 10.2 Å². The topological polar surface area (TPSA) is 111 Å². The number of hydrogen-bond acceptors (Lipinski definition) is 7. The minimum absolute atomic E-state index is 0.00489. The van der Waals surface area contributed by atoms with Gasteiger partial charge < -0.3 is 0 Å². The molecule has 0 N–H and O–H groups in total.